The highest BCUT2D eigenvalue weighted by atomic mass is 19.1. The first kappa shape index (κ1) is 18.4. The zero-order chi connectivity index (χ0) is 18.6. The SMILES string of the molecule is CC(C)(C)c1ccc(NC(=O)COC(=O)c2ccc(F)cc2N)cc1. The van der Waals surface area contributed by atoms with E-state index in [0.29, 0.717) is 5.69 Å². The van der Waals surface area contributed by atoms with Gasteiger partial charge in [-0.3, -0.25) is 4.79 Å². The summed E-state index contributed by atoms with van der Waals surface area (Å²) in [6.07, 6.45) is 0. The number of amides is 1. The molecule has 0 radical (unpaired) electrons. The molecule has 6 heteroatoms. The van der Waals surface area contributed by atoms with Crippen LogP contribution in [0.15, 0.2) is 42.5 Å². The maximum atomic E-state index is 13.0. The number of hydrogen-bond donors (Lipinski definition) is 2. The molecule has 0 atom stereocenters. The van der Waals surface area contributed by atoms with Crippen LogP contribution in [0.5, 0.6) is 0 Å². The minimum Gasteiger partial charge on any atom is -0.452 e. The summed E-state index contributed by atoms with van der Waals surface area (Å²) in [6, 6.07) is 10.8. The summed E-state index contributed by atoms with van der Waals surface area (Å²) in [7, 11) is 0. The normalized spacial score (nSPS) is 11.0. The number of anilines is 2. The zero-order valence-corrected chi connectivity index (χ0v) is 14.4. The molecule has 2 aromatic rings. The number of rotatable bonds is 4. The highest BCUT2D eigenvalue weighted by Gasteiger charge is 2.15. The number of carbonyl (C=O) groups is 2. The maximum Gasteiger partial charge on any atom is 0.340 e. The van der Waals surface area contributed by atoms with Crippen LogP contribution in [-0.2, 0) is 14.9 Å². The van der Waals surface area contributed by atoms with Gasteiger partial charge >= 0.3 is 5.97 Å². The van der Waals surface area contributed by atoms with Crippen molar-refractivity contribution in [3.63, 3.8) is 0 Å². The number of hydrogen-bond acceptors (Lipinski definition) is 4. The fourth-order valence-corrected chi connectivity index (χ4v) is 2.18. The molecule has 0 saturated carbocycles. The van der Waals surface area contributed by atoms with Crippen molar-refractivity contribution >= 4 is 23.3 Å². The molecular formula is C19H21FN2O3. The monoisotopic (exact) mass is 344 g/mol. The van der Waals surface area contributed by atoms with Gasteiger partial charge in [0.25, 0.3) is 5.91 Å². The van der Waals surface area contributed by atoms with Crippen LogP contribution in [0, 0.1) is 5.82 Å². The van der Waals surface area contributed by atoms with E-state index >= 15 is 0 Å². The van der Waals surface area contributed by atoms with Crippen molar-refractivity contribution in [2.45, 2.75) is 26.2 Å². The Kier molecular flexibility index (Phi) is 5.41. The van der Waals surface area contributed by atoms with Crippen molar-refractivity contribution in [3.05, 3.63) is 59.4 Å². The van der Waals surface area contributed by atoms with E-state index in [0.717, 1.165) is 17.7 Å². The number of nitrogen functional groups attached to an aromatic ring is 1. The Labute approximate surface area is 146 Å². The van der Waals surface area contributed by atoms with Crippen LogP contribution in [0.4, 0.5) is 15.8 Å². The Morgan fingerprint density at radius 3 is 2.32 bits per heavy atom. The molecule has 2 aromatic carbocycles. The highest BCUT2D eigenvalue weighted by molar-refractivity contribution is 5.98. The van der Waals surface area contributed by atoms with Gasteiger partial charge in [0.1, 0.15) is 5.82 Å². The first-order chi connectivity index (χ1) is 11.7. The van der Waals surface area contributed by atoms with Gasteiger partial charge in [0, 0.05) is 11.4 Å². The maximum absolute atomic E-state index is 13.0. The molecule has 0 bridgehead atoms. The van der Waals surface area contributed by atoms with E-state index < -0.39 is 24.3 Å². The summed E-state index contributed by atoms with van der Waals surface area (Å²) in [6.45, 7) is 5.83. The number of nitrogens with one attached hydrogen (secondary N) is 1. The minimum atomic E-state index is -0.782. The molecule has 3 N–H and O–H groups in total. The number of carbonyl (C=O) groups excluding carboxylic acids is 2. The summed E-state index contributed by atoms with van der Waals surface area (Å²) in [4.78, 5) is 23.8. The Morgan fingerprint density at radius 1 is 1.12 bits per heavy atom. The first-order valence-electron chi connectivity index (χ1n) is 7.79. The zero-order valence-electron chi connectivity index (χ0n) is 14.4. The predicted octanol–water partition coefficient (Wildman–Crippen LogP) is 3.50. The second-order valence-electron chi connectivity index (χ2n) is 6.68. The molecule has 0 aliphatic rings. The van der Waals surface area contributed by atoms with E-state index in [1.54, 1.807) is 12.1 Å². The Balaban J connectivity index is 1.91. The van der Waals surface area contributed by atoms with E-state index in [2.05, 4.69) is 26.1 Å². The Hall–Kier alpha value is -2.89. The third-order valence-corrected chi connectivity index (χ3v) is 3.60. The fraction of sp³-hybridized carbons (Fsp3) is 0.263. The van der Waals surface area contributed by atoms with Crippen LogP contribution >= 0.6 is 0 Å². The largest absolute Gasteiger partial charge is 0.452 e. The highest BCUT2D eigenvalue weighted by Crippen LogP contribution is 2.23. The molecule has 0 heterocycles. The second-order valence-corrected chi connectivity index (χ2v) is 6.68. The molecular weight excluding hydrogens is 323 g/mol. The standard InChI is InChI=1S/C19H21FN2O3/c1-19(2,3)12-4-7-14(8-5-12)22-17(23)11-25-18(24)15-9-6-13(20)10-16(15)21/h4-10H,11,21H2,1-3H3,(H,22,23). The van der Waals surface area contributed by atoms with Gasteiger partial charge in [-0.2, -0.15) is 0 Å². The van der Waals surface area contributed by atoms with Gasteiger partial charge < -0.3 is 15.8 Å². The minimum absolute atomic E-state index is 0.0173. The van der Waals surface area contributed by atoms with E-state index in [1.807, 2.05) is 12.1 Å². The molecule has 2 rings (SSSR count). The van der Waals surface area contributed by atoms with E-state index in [1.165, 1.54) is 6.07 Å². The summed E-state index contributed by atoms with van der Waals surface area (Å²) in [5, 5.41) is 2.64. The third kappa shape index (κ3) is 5.04. The van der Waals surface area contributed by atoms with E-state index in [4.69, 9.17) is 10.5 Å². The van der Waals surface area contributed by atoms with Gasteiger partial charge in [0.2, 0.25) is 0 Å². The molecule has 0 spiro atoms. The third-order valence-electron chi connectivity index (χ3n) is 3.60. The molecule has 0 aromatic heterocycles. The molecule has 0 aliphatic carbocycles. The van der Waals surface area contributed by atoms with Crippen LogP contribution in [0.1, 0.15) is 36.7 Å². The van der Waals surface area contributed by atoms with Crippen LogP contribution in [0.2, 0.25) is 0 Å². The summed E-state index contributed by atoms with van der Waals surface area (Å²) < 4.78 is 17.9. The molecule has 132 valence electrons. The van der Waals surface area contributed by atoms with Gasteiger partial charge in [-0.1, -0.05) is 32.9 Å². The van der Waals surface area contributed by atoms with Crippen LogP contribution in [0.25, 0.3) is 0 Å². The van der Waals surface area contributed by atoms with Crippen molar-refractivity contribution in [2.24, 2.45) is 0 Å². The van der Waals surface area contributed by atoms with Crippen molar-refractivity contribution in [3.8, 4) is 0 Å². The predicted molar refractivity (Wildman–Crippen MR) is 94.9 cm³/mol. The van der Waals surface area contributed by atoms with Crippen LogP contribution < -0.4 is 11.1 Å². The summed E-state index contributed by atoms with van der Waals surface area (Å²) in [5.74, 6) is -1.81. The lowest BCUT2D eigenvalue weighted by Crippen LogP contribution is -2.21. The number of benzene rings is 2. The summed E-state index contributed by atoms with van der Waals surface area (Å²) in [5.41, 5.74) is 7.31. The quantitative estimate of drug-likeness (QED) is 0.657. The Morgan fingerprint density at radius 2 is 1.76 bits per heavy atom. The van der Waals surface area contributed by atoms with Crippen LogP contribution in [-0.4, -0.2) is 18.5 Å². The van der Waals surface area contributed by atoms with E-state index in [9.17, 15) is 14.0 Å². The molecule has 0 saturated heterocycles. The van der Waals surface area contributed by atoms with Gasteiger partial charge in [-0.25, -0.2) is 9.18 Å². The number of esters is 1. The Bertz CT molecular complexity index is 780. The van der Waals surface area contributed by atoms with Gasteiger partial charge in [-0.15, -0.1) is 0 Å². The molecule has 0 unspecified atom stereocenters. The van der Waals surface area contributed by atoms with Gasteiger partial charge in [-0.05, 0) is 41.3 Å². The summed E-state index contributed by atoms with van der Waals surface area (Å²) >= 11 is 0. The van der Waals surface area contributed by atoms with Crippen molar-refractivity contribution < 1.29 is 18.7 Å². The average molecular weight is 344 g/mol. The van der Waals surface area contributed by atoms with Crippen molar-refractivity contribution in [2.75, 3.05) is 17.7 Å². The van der Waals surface area contributed by atoms with Crippen molar-refractivity contribution in [1.82, 2.24) is 0 Å². The number of nitrogens with two attached hydrogens (primary N) is 1. The molecule has 0 fully saturated rings. The number of halogens is 1. The topological polar surface area (TPSA) is 81.4 Å². The lowest BCUT2D eigenvalue weighted by molar-refractivity contribution is -0.119. The molecule has 0 aliphatic heterocycles. The lowest BCUT2D eigenvalue weighted by atomic mass is 9.87. The lowest BCUT2D eigenvalue weighted by Gasteiger charge is -2.19. The van der Waals surface area contributed by atoms with E-state index in [-0.39, 0.29) is 16.7 Å². The molecule has 1 amide bonds. The van der Waals surface area contributed by atoms with Crippen LogP contribution in [0.3, 0.4) is 0 Å². The second kappa shape index (κ2) is 7.34. The molecule has 25 heavy (non-hydrogen) atoms. The van der Waals surface area contributed by atoms with Crippen molar-refractivity contribution in [1.29, 1.82) is 0 Å². The smallest absolute Gasteiger partial charge is 0.340 e. The molecule has 5 nitrogen and oxygen atoms in total. The fourth-order valence-electron chi connectivity index (χ4n) is 2.18. The van der Waals surface area contributed by atoms with Gasteiger partial charge in [0.05, 0.1) is 5.56 Å². The average Bonchev–Trinajstić information content (AvgIpc) is 2.52. The first-order valence-corrected chi connectivity index (χ1v) is 7.79. The number of ether oxygens (including phenoxy) is 1. The van der Waals surface area contributed by atoms with Gasteiger partial charge in [0.15, 0.2) is 6.61 Å².